The highest BCUT2D eigenvalue weighted by Crippen LogP contribution is 2.26. The number of hydrogen-bond donors (Lipinski definition) is 1. The molecule has 0 bridgehead atoms. The second-order valence-corrected chi connectivity index (χ2v) is 4.73. The quantitative estimate of drug-likeness (QED) is 0.775. The maximum Gasteiger partial charge on any atom is 0.134 e. The average molecular weight is 258 g/mol. The van der Waals surface area contributed by atoms with E-state index in [1.807, 2.05) is 24.3 Å². The lowest BCUT2D eigenvalue weighted by atomic mass is 10.1. The zero-order valence-corrected chi connectivity index (χ0v) is 11.6. The van der Waals surface area contributed by atoms with Gasteiger partial charge in [-0.05, 0) is 19.0 Å². The summed E-state index contributed by atoms with van der Waals surface area (Å²) < 4.78 is 5.96. The molecule has 3 heteroatoms. The molecule has 3 nitrogen and oxygen atoms in total. The van der Waals surface area contributed by atoms with Gasteiger partial charge >= 0.3 is 0 Å². The molecule has 102 valence electrons. The molecule has 0 aliphatic heterocycles. The van der Waals surface area contributed by atoms with Gasteiger partial charge in [0.05, 0.1) is 6.54 Å². The molecule has 0 saturated heterocycles. The smallest absolute Gasteiger partial charge is 0.134 e. The lowest BCUT2D eigenvalue weighted by Gasteiger charge is -2.18. The highest BCUT2D eigenvalue weighted by molar-refractivity contribution is 5.82. The zero-order chi connectivity index (χ0) is 13.7. The Balaban J connectivity index is 2.30. The van der Waals surface area contributed by atoms with Crippen LogP contribution in [-0.4, -0.2) is 18.0 Å². The van der Waals surface area contributed by atoms with Gasteiger partial charge in [0.1, 0.15) is 11.3 Å². The van der Waals surface area contributed by atoms with Gasteiger partial charge in [0.25, 0.3) is 0 Å². The zero-order valence-electron chi connectivity index (χ0n) is 11.6. The van der Waals surface area contributed by atoms with Crippen molar-refractivity contribution in [1.29, 1.82) is 0 Å². The van der Waals surface area contributed by atoms with E-state index in [1.165, 1.54) is 0 Å². The number of benzene rings is 1. The van der Waals surface area contributed by atoms with Crippen LogP contribution >= 0.6 is 0 Å². The van der Waals surface area contributed by atoms with Gasteiger partial charge < -0.3 is 10.2 Å². The van der Waals surface area contributed by atoms with Crippen molar-refractivity contribution in [2.75, 3.05) is 13.1 Å². The molecule has 1 heterocycles. The van der Waals surface area contributed by atoms with Crippen LogP contribution in [0.25, 0.3) is 11.0 Å². The van der Waals surface area contributed by atoms with Crippen LogP contribution in [0.2, 0.25) is 0 Å². The molecule has 2 N–H and O–H groups in total. The Kier molecular flexibility index (Phi) is 4.77. The maximum atomic E-state index is 5.96. The Labute approximate surface area is 114 Å². The van der Waals surface area contributed by atoms with Crippen LogP contribution in [0.5, 0.6) is 0 Å². The summed E-state index contributed by atoms with van der Waals surface area (Å²) in [6.45, 7) is 9.20. The molecule has 1 aromatic carbocycles. The minimum atomic E-state index is 0.514. The van der Waals surface area contributed by atoms with E-state index in [9.17, 15) is 0 Å². The number of rotatable bonds is 7. The van der Waals surface area contributed by atoms with Crippen LogP contribution in [0.3, 0.4) is 0 Å². The average Bonchev–Trinajstić information content (AvgIpc) is 2.76. The monoisotopic (exact) mass is 258 g/mol. The van der Waals surface area contributed by atoms with Crippen LogP contribution in [0.1, 0.15) is 24.7 Å². The largest absolute Gasteiger partial charge is 0.459 e. The number of hydrogen-bond acceptors (Lipinski definition) is 3. The molecule has 0 aliphatic carbocycles. The van der Waals surface area contributed by atoms with Gasteiger partial charge in [0, 0.05) is 24.0 Å². The molecule has 1 aromatic heterocycles. The molecule has 0 saturated carbocycles. The van der Waals surface area contributed by atoms with Gasteiger partial charge in [-0.3, -0.25) is 4.90 Å². The first-order chi connectivity index (χ1) is 9.30. The SMILES string of the molecule is C=CCN(CCC)Cc1oc2ccccc2c1CN. The van der Waals surface area contributed by atoms with E-state index >= 15 is 0 Å². The van der Waals surface area contributed by atoms with Crippen molar-refractivity contribution in [2.45, 2.75) is 26.4 Å². The summed E-state index contributed by atoms with van der Waals surface area (Å²) in [6.07, 6.45) is 3.05. The predicted molar refractivity (Wildman–Crippen MR) is 79.9 cm³/mol. The summed E-state index contributed by atoms with van der Waals surface area (Å²) in [7, 11) is 0. The van der Waals surface area contributed by atoms with E-state index in [-0.39, 0.29) is 0 Å². The molecule has 2 aromatic rings. The van der Waals surface area contributed by atoms with E-state index in [2.05, 4.69) is 24.5 Å². The van der Waals surface area contributed by atoms with E-state index in [0.717, 1.165) is 48.3 Å². The molecular weight excluding hydrogens is 236 g/mol. The van der Waals surface area contributed by atoms with E-state index in [0.29, 0.717) is 6.54 Å². The Morgan fingerprint density at radius 3 is 2.84 bits per heavy atom. The lowest BCUT2D eigenvalue weighted by Crippen LogP contribution is -2.24. The van der Waals surface area contributed by atoms with Crippen molar-refractivity contribution in [3.63, 3.8) is 0 Å². The van der Waals surface area contributed by atoms with Crippen LogP contribution in [0.4, 0.5) is 0 Å². The Bertz CT molecular complexity index is 545. The third kappa shape index (κ3) is 3.06. The van der Waals surface area contributed by atoms with Crippen molar-refractivity contribution in [1.82, 2.24) is 4.90 Å². The summed E-state index contributed by atoms with van der Waals surface area (Å²) in [5, 5.41) is 1.13. The summed E-state index contributed by atoms with van der Waals surface area (Å²) in [6, 6.07) is 8.08. The van der Waals surface area contributed by atoms with Gasteiger partial charge in [0.2, 0.25) is 0 Å². The minimum Gasteiger partial charge on any atom is -0.459 e. The molecule has 0 aliphatic rings. The Morgan fingerprint density at radius 2 is 2.16 bits per heavy atom. The molecule has 2 rings (SSSR count). The third-order valence-corrected chi connectivity index (χ3v) is 3.28. The van der Waals surface area contributed by atoms with Crippen molar-refractivity contribution < 1.29 is 4.42 Å². The third-order valence-electron chi connectivity index (χ3n) is 3.28. The fourth-order valence-corrected chi connectivity index (χ4v) is 2.44. The molecule has 0 spiro atoms. The number of fused-ring (bicyclic) bond motifs is 1. The van der Waals surface area contributed by atoms with Crippen LogP contribution < -0.4 is 5.73 Å². The molecular formula is C16H22N2O. The highest BCUT2D eigenvalue weighted by Gasteiger charge is 2.14. The number of nitrogens with zero attached hydrogens (tertiary/aromatic N) is 1. The number of furan rings is 1. The van der Waals surface area contributed by atoms with Crippen molar-refractivity contribution in [3.8, 4) is 0 Å². The number of para-hydroxylation sites is 1. The summed E-state index contributed by atoms with van der Waals surface area (Å²) in [5.74, 6) is 0.985. The highest BCUT2D eigenvalue weighted by atomic mass is 16.3. The van der Waals surface area contributed by atoms with Crippen LogP contribution in [0.15, 0.2) is 41.3 Å². The van der Waals surface area contributed by atoms with Crippen molar-refractivity contribution >= 4 is 11.0 Å². The van der Waals surface area contributed by atoms with Crippen LogP contribution in [0, 0.1) is 0 Å². The molecule has 19 heavy (non-hydrogen) atoms. The van der Waals surface area contributed by atoms with E-state index in [1.54, 1.807) is 0 Å². The second-order valence-electron chi connectivity index (χ2n) is 4.73. The lowest BCUT2D eigenvalue weighted by molar-refractivity contribution is 0.270. The number of nitrogens with two attached hydrogens (primary N) is 1. The molecule has 0 unspecified atom stereocenters. The topological polar surface area (TPSA) is 42.4 Å². The first kappa shape index (κ1) is 13.8. The summed E-state index contributed by atoms with van der Waals surface area (Å²) >= 11 is 0. The van der Waals surface area contributed by atoms with E-state index in [4.69, 9.17) is 10.2 Å². The fourth-order valence-electron chi connectivity index (χ4n) is 2.44. The molecule has 0 radical (unpaired) electrons. The maximum absolute atomic E-state index is 5.96. The summed E-state index contributed by atoms with van der Waals surface area (Å²) in [4.78, 5) is 2.32. The van der Waals surface area contributed by atoms with Gasteiger partial charge in [-0.25, -0.2) is 0 Å². The van der Waals surface area contributed by atoms with Gasteiger partial charge in [-0.15, -0.1) is 6.58 Å². The second kappa shape index (κ2) is 6.55. The first-order valence-corrected chi connectivity index (χ1v) is 6.82. The minimum absolute atomic E-state index is 0.514. The fraction of sp³-hybridized carbons (Fsp3) is 0.375. The van der Waals surface area contributed by atoms with Gasteiger partial charge in [-0.2, -0.15) is 0 Å². The van der Waals surface area contributed by atoms with Gasteiger partial charge in [-0.1, -0.05) is 31.2 Å². The van der Waals surface area contributed by atoms with Gasteiger partial charge in [0.15, 0.2) is 0 Å². The first-order valence-electron chi connectivity index (χ1n) is 6.82. The molecule has 0 amide bonds. The van der Waals surface area contributed by atoms with Crippen molar-refractivity contribution in [3.05, 3.63) is 48.2 Å². The summed E-state index contributed by atoms with van der Waals surface area (Å²) in [5.41, 5.74) is 7.94. The molecule has 0 fully saturated rings. The predicted octanol–water partition coefficient (Wildman–Crippen LogP) is 3.29. The Morgan fingerprint density at radius 1 is 1.37 bits per heavy atom. The standard InChI is InChI=1S/C16H22N2O/c1-3-9-18(10-4-2)12-16-14(11-17)13-7-5-6-8-15(13)19-16/h3,5-8H,1,4,9-12,17H2,2H3. The Hall–Kier alpha value is -1.58. The normalized spacial score (nSPS) is 11.3. The van der Waals surface area contributed by atoms with Crippen LogP contribution in [-0.2, 0) is 13.1 Å². The van der Waals surface area contributed by atoms with Crippen molar-refractivity contribution in [2.24, 2.45) is 5.73 Å². The van der Waals surface area contributed by atoms with E-state index < -0.39 is 0 Å². The molecule has 0 atom stereocenters.